The Balaban J connectivity index is 1.51. The monoisotopic (exact) mass is 418 g/mol. The summed E-state index contributed by atoms with van der Waals surface area (Å²) in [5.41, 5.74) is 2.58. The van der Waals surface area contributed by atoms with Crippen molar-refractivity contribution in [2.24, 2.45) is 5.92 Å². The second-order valence-electron chi connectivity index (χ2n) is 8.46. The second kappa shape index (κ2) is 9.86. The Kier molecular flexibility index (Phi) is 6.75. The van der Waals surface area contributed by atoms with Crippen LogP contribution in [-0.4, -0.2) is 30.8 Å². The van der Waals surface area contributed by atoms with Crippen molar-refractivity contribution < 1.29 is 9.90 Å². The van der Waals surface area contributed by atoms with E-state index in [0.29, 0.717) is 23.7 Å². The molecule has 2 aromatic heterocycles. The summed E-state index contributed by atoms with van der Waals surface area (Å²) in [4.78, 5) is 20.9. The summed E-state index contributed by atoms with van der Waals surface area (Å²) in [6.07, 6.45) is 11.3. The van der Waals surface area contributed by atoms with E-state index in [0.717, 1.165) is 36.5 Å². The van der Waals surface area contributed by atoms with Crippen LogP contribution in [0.3, 0.4) is 0 Å². The Labute approximate surface area is 183 Å². The van der Waals surface area contributed by atoms with Gasteiger partial charge in [-0.3, -0.25) is 4.98 Å². The van der Waals surface area contributed by atoms with Crippen LogP contribution in [0, 0.1) is 5.92 Å². The second-order valence-corrected chi connectivity index (χ2v) is 8.46. The SMILES string of the molecule is CCCc1nc(CC2CCCCC2)nn1Cc1ccc(-c2ccccc2C(=O)O)nc1. The fourth-order valence-corrected chi connectivity index (χ4v) is 4.44. The van der Waals surface area contributed by atoms with Crippen LogP contribution in [0.25, 0.3) is 11.3 Å². The molecule has 0 unspecified atom stereocenters. The van der Waals surface area contributed by atoms with Gasteiger partial charge in [0.1, 0.15) is 5.82 Å². The quantitative estimate of drug-likeness (QED) is 0.546. The maximum atomic E-state index is 11.5. The fraction of sp³-hybridized carbons (Fsp3) is 0.440. The van der Waals surface area contributed by atoms with Gasteiger partial charge in [-0.1, -0.05) is 63.3 Å². The van der Waals surface area contributed by atoms with E-state index in [-0.39, 0.29) is 5.56 Å². The molecule has 1 saturated carbocycles. The highest BCUT2D eigenvalue weighted by atomic mass is 16.4. The summed E-state index contributed by atoms with van der Waals surface area (Å²) in [6, 6.07) is 10.8. The van der Waals surface area contributed by atoms with Crippen molar-refractivity contribution in [3.05, 3.63) is 65.4 Å². The van der Waals surface area contributed by atoms with Gasteiger partial charge in [0, 0.05) is 24.6 Å². The molecule has 0 saturated heterocycles. The van der Waals surface area contributed by atoms with Crippen molar-refractivity contribution in [1.82, 2.24) is 19.7 Å². The fourth-order valence-electron chi connectivity index (χ4n) is 4.44. The number of aryl methyl sites for hydroxylation is 1. The van der Waals surface area contributed by atoms with Crippen molar-refractivity contribution >= 4 is 5.97 Å². The van der Waals surface area contributed by atoms with Crippen LogP contribution >= 0.6 is 0 Å². The van der Waals surface area contributed by atoms with Crippen molar-refractivity contribution in [2.75, 3.05) is 0 Å². The van der Waals surface area contributed by atoms with Crippen LogP contribution in [0.2, 0.25) is 0 Å². The largest absolute Gasteiger partial charge is 0.478 e. The number of hydrogen-bond donors (Lipinski definition) is 1. The molecule has 6 nitrogen and oxygen atoms in total. The third-order valence-corrected chi connectivity index (χ3v) is 6.05. The molecule has 31 heavy (non-hydrogen) atoms. The number of aromatic nitrogens is 4. The lowest BCUT2D eigenvalue weighted by Gasteiger charge is -2.19. The molecule has 162 valence electrons. The van der Waals surface area contributed by atoms with Gasteiger partial charge >= 0.3 is 5.97 Å². The highest BCUT2D eigenvalue weighted by Gasteiger charge is 2.18. The summed E-state index contributed by atoms with van der Waals surface area (Å²) in [7, 11) is 0. The highest BCUT2D eigenvalue weighted by Crippen LogP contribution is 2.26. The number of carbonyl (C=O) groups is 1. The standard InChI is InChI=1S/C25H30N4O2/c1-2-8-24-27-23(15-18-9-4-3-5-10-18)28-29(24)17-19-13-14-22(26-16-19)20-11-6-7-12-21(20)25(30)31/h6-7,11-14,16,18H,2-5,8-10,15,17H2,1H3,(H,30,31). The minimum Gasteiger partial charge on any atom is -0.478 e. The summed E-state index contributed by atoms with van der Waals surface area (Å²) in [6.45, 7) is 2.79. The van der Waals surface area contributed by atoms with Crippen LogP contribution in [-0.2, 0) is 19.4 Å². The number of carboxylic acid groups (broad SMARTS) is 1. The van der Waals surface area contributed by atoms with Crippen LogP contribution in [0.4, 0.5) is 0 Å². The highest BCUT2D eigenvalue weighted by molar-refractivity contribution is 5.95. The molecule has 0 spiro atoms. The van der Waals surface area contributed by atoms with E-state index in [4.69, 9.17) is 10.1 Å². The van der Waals surface area contributed by atoms with Crippen molar-refractivity contribution in [3.8, 4) is 11.3 Å². The van der Waals surface area contributed by atoms with E-state index in [1.807, 2.05) is 29.1 Å². The molecule has 0 radical (unpaired) electrons. The normalized spacial score (nSPS) is 14.6. The number of aromatic carboxylic acids is 1. The third-order valence-electron chi connectivity index (χ3n) is 6.05. The molecule has 1 aromatic carbocycles. The molecule has 1 N–H and O–H groups in total. The number of pyridine rings is 1. The first-order valence-corrected chi connectivity index (χ1v) is 11.3. The van der Waals surface area contributed by atoms with Gasteiger partial charge in [0.25, 0.3) is 0 Å². The minimum absolute atomic E-state index is 0.261. The first-order chi connectivity index (χ1) is 15.1. The van der Waals surface area contributed by atoms with Crippen LogP contribution < -0.4 is 0 Å². The summed E-state index contributed by atoms with van der Waals surface area (Å²) < 4.78 is 2.02. The summed E-state index contributed by atoms with van der Waals surface area (Å²) >= 11 is 0. The van der Waals surface area contributed by atoms with Crippen LogP contribution in [0.1, 0.15) is 73.0 Å². The Hall–Kier alpha value is -3.02. The lowest BCUT2D eigenvalue weighted by molar-refractivity contribution is 0.0697. The molecule has 3 aromatic rings. The van der Waals surface area contributed by atoms with Gasteiger partial charge in [-0.05, 0) is 30.0 Å². The lowest BCUT2D eigenvalue weighted by atomic mass is 9.87. The molecule has 1 fully saturated rings. The molecular weight excluding hydrogens is 388 g/mol. The molecule has 0 bridgehead atoms. The number of nitrogens with zero attached hydrogens (tertiary/aromatic N) is 4. The number of rotatable bonds is 8. The van der Waals surface area contributed by atoms with E-state index in [1.54, 1.807) is 18.2 Å². The van der Waals surface area contributed by atoms with E-state index < -0.39 is 5.97 Å². The van der Waals surface area contributed by atoms with Gasteiger partial charge in [-0.15, -0.1) is 0 Å². The van der Waals surface area contributed by atoms with Gasteiger partial charge in [0.15, 0.2) is 5.82 Å². The minimum atomic E-state index is -0.946. The Bertz CT molecular complexity index is 1020. The van der Waals surface area contributed by atoms with Gasteiger partial charge in [-0.25, -0.2) is 14.5 Å². The maximum Gasteiger partial charge on any atom is 0.336 e. The van der Waals surface area contributed by atoms with Crippen LogP contribution in [0.5, 0.6) is 0 Å². The number of hydrogen-bond acceptors (Lipinski definition) is 4. The van der Waals surface area contributed by atoms with Gasteiger partial charge in [0.05, 0.1) is 17.8 Å². The van der Waals surface area contributed by atoms with Crippen molar-refractivity contribution in [2.45, 2.75) is 64.8 Å². The first-order valence-electron chi connectivity index (χ1n) is 11.3. The average Bonchev–Trinajstić information content (AvgIpc) is 3.16. The predicted octanol–water partition coefficient (Wildman–Crippen LogP) is 5.16. The Morgan fingerprint density at radius 1 is 1.13 bits per heavy atom. The third kappa shape index (κ3) is 5.19. The van der Waals surface area contributed by atoms with Gasteiger partial charge < -0.3 is 5.11 Å². The molecule has 6 heteroatoms. The molecule has 2 heterocycles. The predicted molar refractivity (Wildman–Crippen MR) is 120 cm³/mol. The zero-order valence-corrected chi connectivity index (χ0v) is 18.1. The average molecular weight is 419 g/mol. The van der Waals surface area contributed by atoms with Crippen molar-refractivity contribution in [3.63, 3.8) is 0 Å². The van der Waals surface area contributed by atoms with Gasteiger partial charge in [-0.2, -0.15) is 5.10 Å². The summed E-state index contributed by atoms with van der Waals surface area (Å²) in [5.74, 6) is 1.78. The lowest BCUT2D eigenvalue weighted by Crippen LogP contribution is -2.11. The van der Waals surface area contributed by atoms with E-state index in [1.165, 1.54) is 32.1 Å². The molecule has 0 atom stereocenters. The molecule has 4 rings (SSSR count). The number of carboxylic acids is 1. The molecule has 1 aliphatic carbocycles. The Morgan fingerprint density at radius 2 is 1.94 bits per heavy atom. The van der Waals surface area contributed by atoms with E-state index in [2.05, 4.69) is 11.9 Å². The topological polar surface area (TPSA) is 80.9 Å². The zero-order chi connectivity index (χ0) is 21.6. The maximum absolute atomic E-state index is 11.5. The van der Waals surface area contributed by atoms with Crippen molar-refractivity contribution in [1.29, 1.82) is 0 Å². The van der Waals surface area contributed by atoms with E-state index >= 15 is 0 Å². The smallest absolute Gasteiger partial charge is 0.336 e. The summed E-state index contributed by atoms with van der Waals surface area (Å²) in [5, 5.41) is 14.3. The van der Waals surface area contributed by atoms with Gasteiger partial charge in [0.2, 0.25) is 0 Å². The molecule has 0 aliphatic heterocycles. The zero-order valence-electron chi connectivity index (χ0n) is 18.1. The molecule has 0 amide bonds. The van der Waals surface area contributed by atoms with E-state index in [9.17, 15) is 9.90 Å². The number of benzene rings is 1. The molecular formula is C25H30N4O2. The molecule has 1 aliphatic rings. The van der Waals surface area contributed by atoms with Crippen LogP contribution in [0.15, 0.2) is 42.6 Å². The Morgan fingerprint density at radius 3 is 2.65 bits per heavy atom. The first kappa shape index (κ1) is 21.2.